The highest BCUT2D eigenvalue weighted by atomic mass is 16.7. The molecule has 0 aromatic rings. The van der Waals surface area contributed by atoms with E-state index in [0.717, 1.165) is 70.6 Å². The van der Waals surface area contributed by atoms with Crippen LogP contribution in [0.3, 0.4) is 0 Å². The maximum Gasteiger partial charge on any atom is 0.306 e. The summed E-state index contributed by atoms with van der Waals surface area (Å²) >= 11 is 0. The van der Waals surface area contributed by atoms with Crippen molar-refractivity contribution in [2.24, 2.45) is 0 Å². The van der Waals surface area contributed by atoms with Crippen LogP contribution in [-0.4, -0.2) is 82.3 Å². The number of carbonyl (C=O) groups excluding carboxylic acids is 3. The number of rotatable bonds is 60. The van der Waals surface area contributed by atoms with Crippen LogP contribution < -0.4 is 5.11 Å². The number of carboxylic acids is 1. The average Bonchev–Trinajstić information content (AvgIpc) is 3.39. The molecule has 76 heavy (non-hydrogen) atoms. The topological polar surface area (TPSA) is 111 Å². The first-order valence-electron chi connectivity index (χ1n) is 32.3. The highest BCUT2D eigenvalue weighted by molar-refractivity contribution is 5.70. The van der Waals surface area contributed by atoms with Gasteiger partial charge in [-0.15, -0.1) is 0 Å². The molecule has 0 amide bonds. The summed E-state index contributed by atoms with van der Waals surface area (Å²) in [6.45, 7) is 4.68. The summed E-state index contributed by atoms with van der Waals surface area (Å²) in [6.07, 6.45) is 70.8. The van der Waals surface area contributed by atoms with Crippen LogP contribution in [0.5, 0.6) is 0 Å². The summed E-state index contributed by atoms with van der Waals surface area (Å²) in [5.41, 5.74) is 0. The molecule has 2 unspecified atom stereocenters. The van der Waals surface area contributed by atoms with Crippen molar-refractivity contribution in [2.45, 2.75) is 315 Å². The normalized spacial score (nSPS) is 13.0. The number of quaternary nitrogens is 1. The van der Waals surface area contributed by atoms with Crippen molar-refractivity contribution in [3.63, 3.8) is 0 Å². The minimum atomic E-state index is -1.62. The smallest absolute Gasteiger partial charge is 0.306 e. The van der Waals surface area contributed by atoms with Crippen molar-refractivity contribution in [3.8, 4) is 0 Å². The number of hydrogen-bond acceptors (Lipinski definition) is 8. The molecule has 9 nitrogen and oxygen atoms in total. The average molecular weight is 1070 g/mol. The van der Waals surface area contributed by atoms with Gasteiger partial charge in [0.25, 0.3) is 0 Å². The number of ether oxygens (including phenoxy) is 4. The Balaban J connectivity index is 3.85. The Morgan fingerprint density at radius 2 is 0.737 bits per heavy atom. The third kappa shape index (κ3) is 58.9. The van der Waals surface area contributed by atoms with E-state index in [0.29, 0.717) is 17.4 Å². The van der Waals surface area contributed by atoms with E-state index in [9.17, 15) is 19.5 Å². The van der Waals surface area contributed by atoms with E-state index >= 15 is 0 Å². The number of esters is 2. The molecule has 9 heteroatoms. The van der Waals surface area contributed by atoms with Crippen molar-refractivity contribution in [3.05, 3.63) is 48.6 Å². The summed E-state index contributed by atoms with van der Waals surface area (Å²) in [6, 6.07) is 0. The molecule has 0 aliphatic heterocycles. The van der Waals surface area contributed by atoms with Gasteiger partial charge in [0.1, 0.15) is 13.2 Å². The first-order chi connectivity index (χ1) is 37.1. The molecule has 2 atom stereocenters. The fourth-order valence-corrected chi connectivity index (χ4v) is 9.31. The van der Waals surface area contributed by atoms with Gasteiger partial charge in [-0.1, -0.05) is 268 Å². The molecule has 0 N–H and O–H groups in total. The fourth-order valence-electron chi connectivity index (χ4n) is 9.31. The summed E-state index contributed by atoms with van der Waals surface area (Å²) in [7, 11) is 5.92. The van der Waals surface area contributed by atoms with Crippen LogP contribution >= 0.6 is 0 Å². The summed E-state index contributed by atoms with van der Waals surface area (Å²) in [4.78, 5) is 37.1. The predicted octanol–water partition coefficient (Wildman–Crippen LogP) is 18.1. The van der Waals surface area contributed by atoms with E-state index in [1.807, 2.05) is 21.1 Å². The molecule has 0 fully saturated rings. The molecule has 0 saturated carbocycles. The van der Waals surface area contributed by atoms with Crippen LogP contribution in [0.25, 0.3) is 0 Å². The van der Waals surface area contributed by atoms with Gasteiger partial charge in [-0.05, 0) is 70.6 Å². The highest BCUT2D eigenvalue weighted by Crippen LogP contribution is 2.18. The number of allylic oxidation sites excluding steroid dienone is 8. The molecular formula is C67H123NO8. The monoisotopic (exact) mass is 1070 g/mol. The van der Waals surface area contributed by atoms with Gasteiger partial charge in [0.2, 0.25) is 0 Å². The molecule has 0 aromatic heterocycles. The summed E-state index contributed by atoms with van der Waals surface area (Å²) in [5.74, 6) is -2.28. The number of likely N-dealkylation sites (N-methyl/N-ethyl adjacent to an activating group) is 1. The van der Waals surface area contributed by atoms with E-state index in [-0.39, 0.29) is 38.6 Å². The lowest BCUT2D eigenvalue weighted by molar-refractivity contribution is -0.870. The van der Waals surface area contributed by atoms with Crippen LogP contribution in [0.1, 0.15) is 303 Å². The summed E-state index contributed by atoms with van der Waals surface area (Å²) in [5, 5.41) is 11.7. The Labute approximate surface area is 470 Å². The van der Waals surface area contributed by atoms with Gasteiger partial charge in [-0.25, -0.2) is 0 Å². The van der Waals surface area contributed by atoms with Crippen molar-refractivity contribution in [2.75, 3.05) is 47.5 Å². The number of carbonyl (C=O) groups is 3. The molecule has 0 bridgehead atoms. The van der Waals surface area contributed by atoms with Crippen LogP contribution in [0.4, 0.5) is 0 Å². The number of nitrogens with zero attached hydrogens (tertiary/aromatic N) is 1. The largest absolute Gasteiger partial charge is 0.545 e. The standard InChI is InChI=1S/C67H123NO8/c1-6-8-10-12-14-16-18-19-20-21-22-23-24-25-26-27-28-29-30-31-32-33-34-35-36-37-38-39-40-41-42-43-44-45-46-47-48-50-52-54-56-58-65(70)76-63(62-75-67(66(71)72)73-60-59-68(3,4)5)61-74-64(69)57-55-53-51-49-17-15-13-11-9-7-2/h11,13,18-19,21-22,24-25,63,67H,6-10,12,14-17,20,23,26-62H2,1-5H3/b13-11-,19-18-,22-21-,25-24-. The predicted molar refractivity (Wildman–Crippen MR) is 320 cm³/mol. The minimum absolute atomic E-state index is 0.148. The van der Waals surface area contributed by atoms with Gasteiger partial charge in [-0.2, -0.15) is 0 Å². The van der Waals surface area contributed by atoms with E-state index in [2.05, 4.69) is 62.5 Å². The van der Waals surface area contributed by atoms with Crippen molar-refractivity contribution in [1.29, 1.82) is 0 Å². The molecule has 0 aromatic carbocycles. The Morgan fingerprint density at radius 3 is 1.12 bits per heavy atom. The van der Waals surface area contributed by atoms with Gasteiger partial charge >= 0.3 is 11.9 Å². The Hall–Kier alpha value is -2.75. The SMILES string of the molecule is CCC/C=C\CCCCCCCC(=O)OCC(COC(OCC[N+](C)(C)C)C(=O)[O-])OC(=O)CCCCCCCCCCCCCCCCCCCCCCCCCCCC/C=C\C/C=C\C/C=C\CCCCCCC. The molecule has 0 heterocycles. The Morgan fingerprint density at radius 1 is 0.395 bits per heavy atom. The molecule has 0 radical (unpaired) electrons. The minimum Gasteiger partial charge on any atom is -0.545 e. The molecule has 0 saturated heterocycles. The van der Waals surface area contributed by atoms with Gasteiger partial charge in [0.05, 0.1) is 40.3 Å². The van der Waals surface area contributed by atoms with Crippen LogP contribution in [0.2, 0.25) is 0 Å². The van der Waals surface area contributed by atoms with Gasteiger partial charge in [-0.3, -0.25) is 9.59 Å². The molecule has 0 aliphatic rings. The molecule has 444 valence electrons. The van der Waals surface area contributed by atoms with Crippen LogP contribution in [-0.2, 0) is 33.3 Å². The maximum atomic E-state index is 12.8. The van der Waals surface area contributed by atoms with E-state index in [1.54, 1.807) is 0 Å². The molecule has 0 spiro atoms. The first-order valence-corrected chi connectivity index (χ1v) is 32.3. The zero-order chi connectivity index (χ0) is 55.5. The highest BCUT2D eigenvalue weighted by Gasteiger charge is 2.22. The van der Waals surface area contributed by atoms with Crippen LogP contribution in [0.15, 0.2) is 48.6 Å². The first kappa shape index (κ1) is 73.2. The number of carboxylic acid groups (broad SMARTS) is 1. The lowest BCUT2D eigenvalue weighted by Gasteiger charge is -2.26. The maximum absolute atomic E-state index is 12.8. The Bertz CT molecular complexity index is 1380. The quantitative estimate of drug-likeness (QED) is 0.0195. The third-order valence-corrected chi connectivity index (χ3v) is 14.3. The lowest BCUT2D eigenvalue weighted by Crippen LogP contribution is -2.44. The second-order valence-corrected chi connectivity index (χ2v) is 23.0. The van der Waals surface area contributed by atoms with Gasteiger partial charge in [0, 0.05) is 12.8 Å². The van der Waals surface area contributed by atoms with Crippen molar-refractivity contribution < 1.29 is 42.9 Å². The van der Waals surface area contributed by atoms with Crippen molar-refractivity contribution >= 4 is 17.9 Å². The second kappa shape index (κ2) is 58.4. The number of unbranched alkanes of at least 4 members (excludes halogenated alkanes) is 37. The van der Waals surface area contributed by atoms with Crippen molar-refractivity contribution in [1.82, 2.24) is 0 Å². The molecule has 0 aliphatic carbocycles. The molecular weight excluding hydrogens is 947 g/mol. The van der Waals surface area contributed by atoms with E-state index < -0.39 is 24.3 Å². The zero-order valence-electron chi connectivity index (χ0n) is 50.6. The zero-order valence-corrected chi connectivity index (χ0v) is 50.6. The fraction of sp³-hybridized carbons (Fsp3) is 0.836. The van der Waals surface area contributed by atoms with Gasteiger partial charge < -0.3 is 33.3 Å². The molecule has 0 rings (SSSR count). The third-order valence-electron chi connectivity index (χ3n) is 14.3. The number of aliphatic carboxylic acids is 1. The lowest BCUT2D eigenvalue weighted by atomic mass is 10.0. The van der Waals surface area contributed by atoms with Crippen LogP contribution in [0, 0.1) is 0 Å². The second-order valence-electron chi connectivity index (χ2n) is 23.0. The van der Waals surface area contributed by atoms with E-state index in [4.69, 9.17) is 18.9 Å². The number of hydrogen-bond donors (Lipinski definition) is 0. The van der Waals surface area contributed by atoms with E-state index in [1.165, 1.54) is 199 Å². The summed E-state index contributed by atoms with van der Waals surface area (Å²) < 4.78 is 22.6. The van der Waals surface area contributed by atoms with Gasteiger partial charge in [0.15, 0.2) is 12.4 Å². The Kier molecular flexibility index (Phi) is 56.3.